The number of likely N-dealkylation sites (tertiary alicyclic amines) is 1. The van der Waals surface area contributed by atoms with Gasteiger partial charge in [0.1, 0.15) is 5.82 Å². The van der Waals surface area contributed by atoms with Crippen LogP contribution in [0.25, 0.3) is 0 Å². The van der Waals surface area contributed by atoms with Crippen LogP contribution in [0.3, 0.4) is 0 Å². The van der Waals surface area contributed by atoms with Crippen molar-refractivity contribution in [1.29, 1.82) is 0 Å². The van der Waals surface area contributed by atoms with Crippen molar-refractivity contribution >= 4 is 17.4 Å². The summed E-state index contributed by atoms with van der Waals surface area (Å²) in [5.74, 6) is 1.09. The molecule has 0 unspecified atom stereocenters. The Hall–Kier alpha value is -0.800. The minimum Gasteiger partial charge on any atom is -0.349 e. The Bertz CT molecular complexity index is 392. The van der Waals surface area contributed by atoms with Crippen molar-refractivity contribution in [2.75, 3.05) is 25.0 Å². The van der Waals surface area contributed by atoms with Gasteiger partial charge in [0.05, 0.1) is 5.02 Å². The molecule has 2 bridgehead atoms. The first kappa shape index (κ1) is 11.3. The molecule has 0 aliphatic carbocycles. The number of rotatable bonds is 1. The largest absolute Gasteiger partial charge is 0.349 e. The van der Waals surface area contributed by atoms with Crippen LogP contribution in [0.4, 0.5) is 5.82 Å². The van der Waals surface area contributed by atoms with Crippen molar-refractivity contribution in [3.63, 3.8) is 0 Å². The predicted molar refractivity (Wildman–Crippen MR) is 70.7 cm³/mol. The third kappa shape index (κ3) is 2.14. The van der Waals surface area contributed by atoms with Gasteiger partial charge in [0.2, 0.25) is 0 Å². The van der Waals surface area contributed by atoms with Crippen molar-refractivity contribution < 1.29 is 0 Å². The van der Waals surface area contributed by atoms with Gasteiger partial charge in [0.25, 0.3) is 0 Å². The SMILES string of the molecule is CN1CC[C@H]2CC[C@@H](C1)N2c1ccc(Cl)cn1. The predicted octanol–water partition coefficient (Wildman–Crippen LogP) is 2.41. The standard InChI is InChI=1S/C13H18ClN3/c1-16-7-6-11-3-4-12(9-16)17(11)13-5-2-10(14)8-15-13/h2,5,8,11-12H,3-4,6-7,9H2,1H3/t11-,12+/m1/s1. The van der Waals surface area contributed by atoms with Gasteiger partial charge in [-0.25, -0.2) is 4.98 Å². The summed E-state index contributed by atoms with van der Waals surface area (Å²) in [6.45, 7) is 2.35. The van der Waals surface area contributed by atoms with Crippen LogP contribution in [0, 0.1) is 0 Å². The average molecular weight is 252 g/mol. The Morgan fingerprint density at radius 1 is 1.24 bits per heavy atom. The molecule has 2 aliphatic heterocycles. The van der Waals surface area contributed by atoms with E-state index in [-0.39, 0.29) is 0 Å². The van der Waals surface area contributed by atoms with E-state index in [0.717, 1.165) is 12.4 Å². The Kier molecular flexibility index (Phi) is 2.97. The van der Waals surface area contributed by atoms with Crippen LogP contribution in [0.1, 0.15) is 19.3 Å². The van der Waals surface area contributed by atoms with Crippen molar-refractivity contribution in [3.05, 3.63) is 23.4 Å². The first-order valence-corrected chi connectivity index (χ1v) is 6.70. The lowest BCUT2D eigenvalue weighted by Crippen LogP contribution is -2.38. The second-order valence-corrected chi connectivity index (χ2v) is 5.61. The van der Waals surface area contributed by atoms with Gasteiger partial charge in [-0.3, -0.25) is 0 Å². The van der Waals surface area contributed by atoms with E-state index in [4.69, 9.17) is 11.6 Å². The highest BCUT2D eigenvalue weighted by Crippen LogP contribution is 2.33. The smallest absolute Gasteiger partial charge is 0.129 e. The maximum absolute atomic E-state index is 5.91. The molecule has 1 aromatic heterocycles. The average Bonchev–Trinajstić information content (AvgIpc) is 2.61. The maximum atomic E-state index is 5.91. The van der Waals surface area contributed by atoms with Gasteiger partial charge < -0.3 is 9.80 Å². The lowest BCUT2D eigenvalue weighted by atomic mass is 10.1. The van der Waals surface area contributed by atoms with Crippen LogP contribution in [0.2, 0.25) is 5.02 Å². The van der Waals surface area contributed by atoms with E-state index < -0.39 is 0 Å². The van der Waals surface area contributed by atoms with Crippen LogP contribution < -0.4 is 4.90 Å². The van der Waals surface area contributed by atoms with Gasteiger partial charge >= 0.3 is 0 Å². The molecular formula is C13H18ClN3. The Balaban J connectivity index is 1.89. The quantitative estimate of drug-likeness (QED) is 0.764. The minimum absolute atomic E-state index is 0.626. The van der Waals surface area contributed by atoms with E-state index in [0.29, 0.717) is 17.1 Å². The summed E-state index contributed by atoms with van der Waals surface area (Å²) in [7, 11) is 2.22. The molecule has 3 heterocycles. The third-order valence-electron chi connectivity index (χ3n) is 3.96. The number of likely N-dealkylation sites (N-methyl/N-ethyl adjacent to an activating group) is 1. The molecule has 2 fully saturated rings. The Labute approximate surface area is 107 Å². The fourth-order valence-corrected chi connectivity index (χ4v) is 3.25. The molecule has 17 heavy (non-hydrogen) atoms. The van der Waals surface area contributed by atoms with Gasteiger partial charge in [-0.05, 0) is 45.0 Å². The van der Waals surface area contributed by atoms with Gasteiger partial charge in [-0.2, -0.15) is 0 Å². The Morgan fingerprint density at radius 2 is 2.06 bits per heavy atom. The second kappa shape index (κ2) is 4.46. The first-order valence-electron chi connectivity index (χ1n) is 6.32. The maximum Gasteiger partial charge on any atom is 0.129 e. The first-order chi connectivity index (χ1) is 8.24. The zero-order chi connectivity index (χ0) is 11.8. The molecule has 0 amide bonds. The van der Waals surface area contributed by atoms with Crippen molar-refractivity contribution in [2.24, 2.45) is 0 Å². The summed E-state index contributed by atoms with van der Waals surface area (Å²) in [4.78, 5) is 9.44. The lowest BCUT2D eigenvalue weighted by Gasteiger charge is -2.29. The molecule has 3 nitrogen and oxygen atoms in total. The highest BCUT2D eigenvalue weighted by molar-refractivity contribution is 6.30. The van der Waals surface area contributed by atoms with Gasteiger partial charge in [0.15, 0.2) is 0 Å². The van der Waals surface area contributed by atoms with Crippen LogP contribution in [-0.2, 0) is 0 Å². The normalized spacial score (nSPS) is 29.4. The number of fused-ring (bicyclic) bond motifs is 2. The van der Waals surface area contributed by atoms with Crippen LogP contribution >= 0.6 is 11.6 Å². The van der Waals surface area contributed by atoms with Gasteiger partial charge in [0, 0.05) is 24.8 Å². The fourth-order valence-electron chi connectivity index (χ4n) is 3.14. The molecule has 0 spiro atoms. The van der Waals surface area contributed by atoms with Crippen molar-refractivity contribution in [2.45, 2.75) is 31.3 Å². The van der Waals surface area contributed by atoms with E-state index in [2.05, 4.69) is 27.9 Å². The van der Waals surface area contributed by atoms with Crippen molar-refractivity contribution in [1.82, 2.24) is 9.88 Å². The van der Waals surface area contributed by atoms with Gasteiger partial charge in [-0.1, -0.05) is 11.6 Å². The fraction of sp³-hybridized carbons (Fsp3) is 0.615. The van der Waals surface area contributed by atoms with E-state index >= 15 is 0 Å². The number of hydrogen-bond donors (Lipinski definition) is 0. The van der Waals surface area contributed by atoms with Crippen LogP contribution in [-0.4, -0.2) is 42.1 Å². The summed E-state index contributed by atoms with van der Waals surface area (Å²) < 4.78 is 0. The zero-order valence-corrected chi connectivity index (χ0v) is 10.9. The third-order valence-corrected chi connectivity index (χ3v) is 4.19. The van der Waals surface area contributed by atoms with Crippen LogP contribution in [0.5, 0.6) is 0 Å². The molecule has 0 N–H and O–H groups in total. The second-order valence-electron chi connectivity index (χ2n) is 5.18. The topological polar surface area (TPSA) is 19.4 Å². The number of hydrogen-bond acceptors (Lipinski definition) is 3. The van der Waals surface area contributed by atoms with Crippen molar-refractivity contribution in [3.8, 4) is 0 Å². The molecule has 0 radical (unpaired) electrons. The molecule has 2 atom stereocenters. The highest BCUT2D eigenvalue weighted by Gasteiger charge is 2.36. The summed E-state index contributed by atoms with van der Waals surface area (Å²) in [5, 5.41) is 0.716. The number of pyridine rings is 1. The zero-order valence-electron chi connectivity index (χ0n) is 10.1. The number of aromatic nitrogens is 1. The molecule has 3 rings (SSSR count). The summed E-state index contributed by atoms with van der Waals surface area (Å²) in [6, 6.07) is 5.29. The molecule has 92 valence electrons. The molecule has 2 saturated heterocycles. The van der Waals surface area contributed by atoms with Crippen LogP contribution in [0.15, 0.2) is 18.3 Å². The molecule has 2 aliphatic rings. The number of anilines is 1. The summed E-state index contributed by atoms with van der Waals surface area (Å²) in [5.41, 5.74) is 0. The van der Waals surface area contributed by atoms with E-state index in [1.807, 2.05) is 6.07 Å². The van der Waals surface area contributed by atoms with E-state index in [1.165, 1.54) is 25.8 Å². The lowest BCUT2D eigenvalue weighted by molar-refractivity contribution is 0.315. The van der Waals surface area contributed by atoms with E-state index in [9.17, 15) is 0 Å². The Morgan fingerprint density at radius 3 is 2.82 bits per heavy atom. The minimum atomic E-state index is 0.626. The van der Waals surface area contributed by atoms with Gasteiger partial charge in [-0.15, -0.1) is 0 Å². The highest BCUT2D eigenvalue weighted by atomic mass is 35.5. The molecule has 0 saturated carbocycles. The molecular weight excluding hydrogens is 234 g/mol. The molecule has 1 aromatic rings. The summed E-state index contributed by atoms with van der Waals surface area (Å²) >= 11 is 5.91. The number of halogens is 1. The van der Waals surface area contributed by atoms with E-state index in [1.54, 1.807) is 6.20 Å². The summed E-state index contributed by atoms with van der Waals surface area (Å²) in [6.07, 6.45) is 5.60. The molecule has 0 aromatic carbocycles. The monoisotopic (exact) mass is 251 g/mol. The number of nitrogens with zero attached hydrogens (tertiary/aromatic N) is 3. The molecule has 4 heteroatoms.